The molecule has 0 saturated carbocycles. The zero-order valence-corrected chi connectivity index (χ0v) is 17.2. The summed E-state index contributed by atoms with van der Waals surface area (Å²) in [5.41, 5.74) is 4.37. The van der Waals surface area contributed by atoms with Crippen LogP contribution < -0.4 is 4.74 Å². The largest absolute Gasteiger partial charge is 0.490 e. The average molecular weight is 397 g/mol. The molecule has 1 atom stereocenters. The summed E-state index contributed by atoms with van der Waals surface area (Å²) >= 11 is 0. The highest BCUT2D eigenvalue weighted by atomic mass is 16.5. The predicted octanol–water partition coefficient (Wildman–Crippen LogP) is 3.35. The van der Waals surface area contributed by atoms with Crippen LogP contribution in [0.4, 0.5) is 0 Å². The molecule has 2 N–H and O–H groups in total. The molecule has 0 aliphatic carbocycles. The number of aliphatic hydroxyl groups is 2. The summed E-state index contributed by atoms with van der Waals surface area (Å²) in [6.45, 7) is 7.83. The number of pyridine rings is 1. The van der Waals surface area contributed by atoms with Gasteiger partial charge in [0.1, 0.15) is 18.5 Å². The van der Waals surface area contributed by atoms with Crippen LogP contribution in [0.5, 0.6) is 5.75 Å². The van der Waals surface area contributed by atoms with E-state index in [2.05, 4.69) is 29.0 Å². The van der Waals surface area contributed by atoms with Crippen LogP contribution in [0.3, 0.4) is 0 Å². The molecule has 0 amide bonds. The van der Waals surface area contributed by atoms with Crippen molar-refractivity contribution >= 4 is 0 Å². The number of hydrogen-bond acceptors (Lipinski definition) is 7. The smallest absolute Gasteiger partial charge is 0.249 e. The van der Waals surface area contributed by atoms with Crippen LogP contribution in [0.25, 0.3) is 22.9 Å². The van der Waals surface area contributed by atoms with Gasteiger partial charge in [-0.15, -0.1) is 10.2 Å². The zero-order chi connectivity index (χ0) is 21.0. The molecule has 29 heavy (non-hydrogen) atoms. The van der Waals surface area contributed by atoms with Gasteiger partial charge in [-0.25, -0.2) is 0 Å². The van der Waals surface area contributed by atoms with E-state index in [4.69, 9.17) is 14.3 Å². The highest BCUT2D eigenvalue weighted by Gasteiger charge is 2.15. The molecule has 0 radical (unpaired) electrons. The summed E-state index contributed by atoms with van der Waals surface area (Å²) in [6, 6.07) is 7.73. The Balaban J connectivity index is 1.79. The first-order valence-corrected chi connectivity index (χ1v) is 9.69. The van der Waals surface area contributed by atoms with Crippen LogP contribution in [-0.2, 0) is 6.42 Å². The Labute approximate surface area is 170 Å². The summed E-state index contributed by atoms with van der Waals surface area (Å²) in [7, 11) is 0. The third-order valence-corrected chi connectivity index (χ3v) is 4.45. The molecule has 154 valence electrons. The van der Waals surface area contributed by atoms with Gasteiger partial charge >= 0.3 is 0 Å². The third-order valence-electron chi connectivity index (χ3n) is 4.45. The van der Waals surface area contributed by atoms with E-state index in [0.29, 0.717) is 23.4 Å². The molecule has 7 nitrogen and oxygen atoms in total. The Morgan fingerprint density at radius 3 is 2.24 bits per heavy atom. The number of aliphatic hydroxyl groups excluding tert-OH is 2. The van der Waals surface area contributed by atoms with Gasteiger partial charge in [0, 0.05) is 17.5 Å². The summed E-state index contributed by atoms with van der Waals surface area (Å²) < 4.78 is 11.5. The van der Waals surface area contributed by atoms with E-state index < -0.39 is 6.10 Å². The maximum Gasteiger partial charge on any atom is 0.249 e. The SMILES string of the molecule is Cc1cc(-c2nnc(-c3ccc(CC(C)C)nc3)o2)cc(C)c1OCC(O)CO. The van der Waals surface area contributed by atoms with Gasteiger partial charge in [0.2, 0.25) is 11.8 Å². The van der Waals surface area contributed by atoms with Gasteiger partial charge in [0.05, 0.1) is 12.2 Å². The number of ether oxygens (including phenoxy) is 1. The van der Waals surface area contributed by atoms with Crippen molar-refractivity contribution in [2.45, 2.75) is 40.2 Å². The standard InChI is InChI=1S/C22H27N3O4/c1-13(2)7-18-6-5-16(10-23-18)21-24-25-22(29-21)17-8-14(3)20(15(4)9-17)28-12-19(27)11-26/h5-6,8-10,13,19,26-27H,7,11-12H2,1-4H3. The molecule has 0 bridgehead atoms. The number of aromatic nitrogens is 3. The van der Waals surface area contributed by atoms with Gasteiger partial charge in [-0.3, -0.25) is 4.98 Å². The van der Waals surface area contributed by atoms with Gasteiger partial charge in [-0.1, -0.05) is 13.8 Å². The second-order valence-corrected chi connectivity index (χ2v) is 7.64. The van der Waals surface area contributed by atoms with Gasteiger partial charge < -0.3 is 19.4 Å². The lowest BCUT2D eigenvalue weighted by Crippen LogP contribution is -2.21. The van der Waals surface area contributed by atoms with E-state index in [1.165, 1.54) is 0 Å². The minimum Gasteiger partial charge on any atom is -0.490 e. The summed E-state index contributed by atoms with van der Waals surface area (Å²) in [6.07, 6.45) is 1.78. The Bertz CT molecular complexity index is 928. The first kappa shape index (κ1) is 21.0. The van der Waals surface area contributed by atoms with Crippen molar-refractivity contribution in [1.29, 1.82) is 0 Å². The molecule has 0 aliphatic rings. The van der Waals surface area contributed by atoms with Crippen LogP contribution in [0.15, 0.2) is 34.9 Å². The normalized spacial score (nSPS) is 12.4. The molecule has 7 heteroatoms. The monoisotopic (exact) mass is 397 g/mol. The minimum atomic E-state index is -0.910. The fraction of sp³-hybridized carbons (Fsp3) is 0.409. The molecule has 2 aromatic heterocycles. The second kappa shape index (κ2) is 9.15. The molecule has 0 fully saturated rings. The van der Waals surface area contributed by atoms with Crippen LogP contribution >= 0.6 is 0 Å². The Morgan fingerprint density at radius 1 is 1.03 bits per heavy atom. The van der Waals surface area contributed by atoms with E-state index in [-0.39, 0.29) is 13.2 Å². The topological polar surface area (TPSA) is 102 Å². The summed E-state index contributed by atoms with van der Waals surface area (Å²) in [4.78, 5) is 4.48. The molecule has 1 aromatic carbocycles. The summed E-state index contributed by atoms with van der Waals surface area (Å²) in [5, 5.41) is 26.8. The van der Waals surface area contributed by atoms with Gasteiger partial charge in [-0.2, -0.15) is 0 Å². The van der Waals surface area contributed by atoms with Crippen molar-refractivity contribution in [1.82, 2.24) is 15.2 Å². The zero-order valence-electron chi connectivity index (χ0n) is 17.2. The molecule has 1 unspecified atom stereocenters. The number of nitrogens with zero attached hydrogens (tertiary/aromatic N) is 3. The van der Waals surface area contributed by atoms with Crippen LogP contribution in [0.2, 0.25) is 0 Å². The Hall–Kier alpha value is -2.77. The van der Waals surface area contributed by atoms with E-state index >= 15 is 0 Å². The van der Waals surface area contributed by atoms with Crippen LogP contribution in [0, 0.1) is 19.8 Å². The van der Waals surface area contributed by atoms with E-state index in [1.807, 2.05) is 38.1 Å². The Morgan fingerprint density at radius 2 is 1.69 bits per heavy atom. The average Bonchev–Trinajstić information content (AvgIpc) is 3.17. The van der Waals surface area contributed by atoms with Crippen LogP contribution in [-0.4, -0.2) is 44.7 Å². The number of benzene rings is 1. The molecule has 0 saturated heterocycles. The highest BCUT2D eigenvalue weighted by Crippen LogP contribution is 2.31. The number of aryl methyl sites for hydroxylation is 2. The first-order valence-electron chi connectivity index (χ1n) is 9.69. The van der Waals surface area contributed by atoms with E-state index in [9.17, 15) is 5.11 Å². The number of rotatable bonds is 8. The van der Waals surface area contributed by atoms with Crippen molar-refractivity contribution in [3.63, 3.8) is 0 Å². The van der Waals surface area contributed by atoms with Crippen molar-refractivity contribution in [3.8, 4) is 28.7 Å². The van der Waals surface area contributed by atoms with E-state index in [1.54, 1.807) is 6.20 Å². The van der Waals surface area contributed by atoms with E-state index in [0.717, 1.165) is 34.4 Å². The van der Waals surface area contributed by atoms with Gasteiger partial charge in [-0.05, 0) is 61.6 Å². The lowest BCUT2D eigenvalue weighted by atomic mass is 10.1. The number of hydrogen-bond donors (Lipinski definition) is 2. The quantitative estimate of drug-likeness (QED) is 0.601. The molecule has 0 aliphatic heterocycles. The second-order valence-electron chi connectivity index (χ2n) is 7.64. The van der Waals surface area contributed by atoms with Crippen molar-refractivity contribution < 1.29 is 19.4 Å². The molecule has 3 rings (SSSR count). The fourth-order valence-corrected chi connectivity index (χ4v) is 3.08. The lowest BCUT2D eigenvalue weighted by Gasteiger charge is -2.15. The lowest BCUT2D eigenvalue weighted by molar-refractivity contribution is 0.0532. The first-order chi connectivity index (χ1) is 13.9. The fourth-order valence-electron chi connectivity index (χ4n) is 3.08. The van der Waals surface area contributed by atoms with Crippen molar-refractivity contribution in [3.05, 3.63) is 47.3 Å². The van der Waals surface area contributed by atoms with Crippen molar-refractivity contribution in [2.75, 3.05) is 13.2 Å². The molecule has 2 heterocycles. The van der Waals surface area contributed by atoms with Gasteiger partial charge in [0.15, 0.2) is 0 Å². The maximum absolute atomic E-state index is 9.49. The third kappa shape index (κ3) is 5.19. The predicted molar refractivity (Wildman–Crippen MR) is 110 cm³/mol. The molecular weight excluding hydrogens is 370 g/mol. The molecule has 3 aromatic rings. The maximum atomic E-state index is 9.49. The minimum absolute atomic E-state index is 0.0298. The molecular formula is C22H27N3O4. The summed E-state index contributed by atoms with van der Waals surface area (Å²) in [5.74, 6) is 2.06. The highest BCUT2D eigenvalue weighted by molar-refractivity contribution is 5.61. The van der Waals surface area contributed by atoms with Crippen LogP contribution in [0.1, 0.15) is 30.7 Å². The molecule has 0 spiro atoms. The van der Waals surface area contributed by atoms with Gasteiger partial charge in [0.25, 0.3) is 0 Å². The van der Waals surface area contributed by atoms with Crippen molar-refractivity contribution in [2.24, 2.45) is 5.92 Å². The Kier molecular flexibility index (Phi) is 6.61.